The molecule has 0 atom stereocenters. The zero-order valence-electron chi connectivity index (χ0n) is 15.2. The van der Waals surface area contributed by atoms with Crippen LogP contribution in [0.3, 0.4) is 0 Å². The highest BCUT2D eigenvalue weighted by Crippen LogP contribution is 2.27. The van der Waals surface area contributed by atoms with Crippen LogP contribution in [-0.2, 0) is 6.42 Å². The summed E-state index contributed by atoms with van der Waals surface area (Å²) < 4.78 is 10.6. The molecule has 2 N–H and O–H groups in total. The van der Waals surface area contributed by atoms with E-state index in [0.717, 1.165) is 35.8 Å². The van der Waals surface area contributed by atoms with Gasteiger partial charge in [-0.15, -0.1) is 11.3 Å². The van der Waals surface area contributed by atoms with Gasteiger partial charge in [-0.05, 0) is 47.7 Å². The first-order chi connectivity index (χ1) is 13.2. The van der Waals surface area contributed by atoms with Gasteiger partial charge in [0.05, 0.1) is 31.0 Å². The molecule has 27 heavy (non-hydrogen) atoms. The van der Waals surface area contributed by atoms with Crippen LogP contribution in [0.15, 0.2) is 54.0 Å². The van der Waals surface area contributed by atoms with Crippen molar-refractivity contribution in [3.63, 3.8) is 0 Å². The average molecular weight is 383 g/mol. The number of thiophene rings is 1. The second-order valence-electron chi connectivity index (χ2n) is 5.73. The number of hydrogen-bond acceptors (Lipinski definition) is 6. The third-order valence-corrected chi connectivity index (χ3v) is 4.80. The molecule has 0 aliphatic carbocycles. The van der Waals surface area contributed by atoms with Crippen molar-refractivity contribution in [2.24, 2.45) is 0 Å². The first-order valence-corrected chi connectivity index (χ1v) is 9.33. The standard InChI is InChI=1S/C20H21N3O3S/c1-25-16-7-5-14(12-17(16)26-2)9-10-21-19-8-6-15(13-22-19)23-20(24)18-4-3-11-27-18/h3-8,11-13H,9-10H2,1-2H3,(H,21,22)(H,23,24). The van der Waals surface area contributed by atoms with Gasteiger partial charge in [0.15, 0.2) is 11.5 Å². The van der Waals surface area contributed by atoms with Crippen LogP contribution in [0.5, 0.6) is 11.5 Å². The quantitative estimate of drug-likeness (QED) is 0.614. The molecule has 3 rings (SSSR count). The van der Waals surface area contributed by atoms with Crippen molar-refractivity contribution in [1.82, 2.24) is 4.98 Å². The maximum Gasteiger partial charge on any atom is 0.265 e. The summed E-state index contributed by atoms with van der Waals surface area (Å²) in [4.78, 5) is 17.0. The van der Waals surface area contributed by atoms with Crippen molar-refractivity contribution in [3.05, 3.63) is 64.5 Å². The fourth-order valence-electron chi connectivity index (χ4n) is 2.54. The second-order valence-corrected chi connectivity index (χ2v) is 6.68. The van der Waals surface area contributed by atoms with Gasteiger partial charge in [-0.3, -0.25) is 4.79 Å². The minimum atomic E-state index is -0.124. The Hall–Kier alpha value is -3.06. The number of pyridine rings is 1. The van der Waals surface area contributed by atoms with Gasteiger partial charge in [-0.1, -0.05) is 12.1 Å². The van der Waals surface area contributed by atoms with Gasteiger partial charge in [-0.25, -0.2) is 4.98 Å². The summed E-state index contributed by atoms with van der Waals surface area (Å²) in [5, 5.41) is 7.98. The van der Waals surface area contributed by atoms with Crippen molar-refractivity contribution in [1.29, 1.82) is 0 Å². The lowest BCUT2D eigenvalue weighted by atomic mass is 10.1. The highest BCUT2D eigenvalue weighted by molar-refractivity contribution is 7.12. The van der Waals surface area contributed by atoms with Gasteiger partial charge < -0.3 is 20.1 Å². The molecule has 140 valence electrons. The number of benzene rings is 1. The number of methoxy groups -OCH3 is 2. The predicted molar refractivity (Wildman–Crippen MR) is 108 cm³/mol. The molecule has 2 heterocycles. The third kappa shape index (κ3) is 4.98. The van der Waals surface area contributed by atoms with Gasteiger partial charge in [0.25, 0.3) is 5.91 Å². The Bertz CT molecular complexity index is 880. The Kier molecular flexibility index (Phi) is 6.27. The van der Waals surface area contributed by atoms with Gasteiger partial charge >= 0.3 is 0 Å². The van der Waals surface area contributed by atoms with E-state index in [1.807, 2.05) is 41.8 Å². The van der Waals surface area contributed by atoms with Crippen LogP contribution < -0.4 is 20.1 Å². The van der Waals surface area contributed by atoms with E-state index in [9.17, 15) is 4.79 Å². The molecule has 0 radical (unpaired) electrons. The van der Waals surface area contributed by atoms with Gasteiger partial charge in [0.1, 0.15) is 5.82 Å². The zero-order valence-corrected chi connectivity index (χ0v) is 16.0. The molecule has 0 saturated heterocycles. The van der Waals surface area contributed by atoms with Gasteiger partial charge in [0.2, 0.25) is 0 Å². The lowest BCUT2D eigenvalue weighted by Crippen LogP contribution is -2.11. The molecule has 0 aliphatic heterocycles. The number of carbonyl (C=O) groups is 1. The number of nitrogens with zero attached hydrogens (tertiary/aromatic N) is 1. The number of hydrogen-bond donors (Lipinski definition) is 2. The molecule has 6 nitrogen and oxygen atoms in total. The summed E-state index contributed by atoms with van der Waals surface area (Å²) in [6.45, 7) is 0.726. The number of ether oxygens (including phenoxy) is 2. The van der Waals surface area contributed by atoms with E-state index in [2.05, 4.69) is 15.6 Å². The molecule has 0 saturated carbocycles. The molecule has 1 amide bonds. The smallest absolute Gasteiger partial charge is 0.265 e. The monoisotopic (exact) mass is 383 g/mol. The number of rotatable bonds is 8. The molecular weight excluding hydrogens is 362 g/mol. The van der Waals surface area contributed by atoms with E-state index < -0.39 is 0 Å². The van der Waals surface area contributed by atoms with Crippen LogP contribution in [0.4, 0.5) is 11.5 Å². The van der Waals surface area contributed by atoms with E-state index >= 15 is 0 Å². The highest BCUT2D eigenvalue weighted by atomic mass is 32.1. The van der Waals surface area contributed by atoms with E-state index in [0.29, 0.717) is 10.6 Å². The molecule has 0 spiro atoms. The average Bonchev–Trinajstić information content (AvgIpc) is 3.24. The molecule has 0 aliphatic rings. The van der Waals surface area contributed by atoms with Crippen LogP contribution in [0.2, 0.25) is 0 Å². The number of anilines is 2. The second kappa shape index (κ2) is 9.05. The molecule has 0 bridgehead atoms. The minimum absolute atomic E-state index is 0.124. The van der Waals surface area contributed by atoms with E-state index in [1.165, 1.54) is 11.3 Å². The summed E-state index contributed by atoms with van der Waals surface area (Å²) in [5.74, 6) is 2.07. The summed E-state index contributed by atoms with van der Waals surface area (Å²) in [6.07, 6.45) is 2.46. The zero-order chi connectivity index (χ0) is 19.1. The van der Waals surface area contributed by atoms with Crippen LogP contribution >= 0.6 is 11.3 Å². The predicted octanol–water partition coefficient (Wildman–Crippen LogP) is 4.07. The summed E-state index contributed by atoms with van der Waals surface area (Å²) in [5.41, 5.74) is 1.80. The lowest BCUT2D eigenvalue weighted by Gasteiger charge is -2.10. The maximum absolute atomic E-state index is 12.0. The maximum atomic E-state index is 12.0. The largest absolute Gasteiger partial charge is 0.493 e. The van der Waals surface area contributed by atoms with Crippen molar-refractivity contribution in [2.75, 3.05) is 31.4 Å². The Balaban J connectivity index is 1.51. The van der Waals surface area contributed by atoms with Crippen molar-refractivity contribution >= 4 is 28.7 Å². The topological polar surface area (TPSA) is 72.5 Å². The minimum Gasteiger partial charge on any atom is -0.493 e. The number of aromatic nitrogens is 1. The van der Waals surface area contributed by atoms with E-state index in [1.54, 1.807) is 26.5 Å². The highest BCUT2D eigenvalue weighted by Gasteiger charge is 2.07. The Morgan fingerprint density at radius 3 is 2.63 bits per heavy atom. The number of amides is 1. The summed E-state index contributed by atoms with van der Waals surface area (Å²) >= 11 is 1.41. The normalized spacial score (nSPS) is 10.3. The van der Waals surface area contributed by atoms with Crippen LogP contribution in [0, 0.1) is 0 Å². The fraction of sp³-hybridized carbons (Fsp3) is 0.200. The molecule has 0 fully saturated rings. The van der Waals surface area contributed by atoms with E-state index in [-0.39, 0.29) is 5.91 Å². The lowest BCUT2D eigenvalue weighted by molar-refractivity contribution is 0.103. The first kappa shape index (κ1) is 18.7. The van der Waals surface area contributed by atoms with Crippen molar-refractivity contribution in [2.45, 2.75) is 6.42 Å². The van der Waals surface area contributed by atoms with Crippen molar-refractivity contribution in [3.8, 4) is 11.5 Å². The molecule has 1 aromatic carbocycles. The SMILES string of the molecule is COc1ccc(CCNc2ccc(NC(=O)c3cccs3)cn2)cc1OC. The Labute approximate surface area is 162 Å². The molecular formula is C20H21N3O3S. The Morgan fingerprint density at radius 2 is 1.96 bits per heavy atom. The van der Waals surface area contributed by atoms with Crippen LogP contribution in [0.1, 0.15) is 15.2 Å². The fourth-order valence-corrected chi connectivity index (χ4v) is 3.16. The van der Waals surface area contributed by atoms with Crippen LogP contribution in [-0.4, -0.2) is 31.7 Å². The first-order valence-electron chi connectivity index (χ1n) is 8.45. The van der Waals surface area contributed by atoms with Gasteiger partial charge in [0, 0.05) is 6.54 Å². The van der Waals surface area contributed by atoms with Crippen molar-refractivity contribution < 1.29 is 14.3 Å². The number of carbonyl (C=O) groups excluding carboxylic acids is 1. The molecule has 7 heteroatoms. The summed E-state index contributed by atoms with van der Waals surface area (Å²) in [7, 11) is 3.25. The third-order valence-electron chi connectivity index (χ3n) is 3.93. The summed E-state index contributed by atoms with van der Waals surface area (Å²) in [6, 6.07) is 13.2. The molecule has 2 aromatic heterocycles. The van der Waals surface area contributed by atoms with Crippen LogP contribution in [0.25, 0.3) is 0 Å². The Morgan fingerprint density at radius 1 is 1.11 bits per heavy atom. The number of nitrogens with one attached hydrogen (secondary N) is 2. The molecule has 3 aromatic rings. The molecule has 0 unspecified atom stereocenters. The van der Waals surface area contributed by atoms with E-state index in [4.69, 9.17) is 9.47 Å². The van der Waals surface area contributed by atoms with Gasteiger partial charge in [-0.2, -0.15) is 0 Å².